The summed E-state index contributed by atoms with van der Waals surface area (Å²) in [5.41, 5.74) is 3.05. The molecule has 1 unspecified atom stereocenters. The Kier molecular flexibility index (Phi) is 6.12. The minimum atomic E-state index is -0.602. The monoisotopic (exact) mass is 486 g/mol. The standard InChI is InChI=1S/C27H23FN4O4/c1-16-23(26-30-25(31-36-26)18-8-4-9-19(28)13-18)24(17-7-5-11-21(14-17)34-2)29-27(33)32(16)20-10-6-12-22(15-20)35-3/h4-15,24H,1-3H3,(H,29,33). The zero-order chi connectivity index (χ0) is 25.2. The van der Waals surface area contributed by atoms with E-state index in [1.165, 1.54) is 17.0 Å². The van der Waals surface area contributed by atoms with Crippen LogP contribution in [-0.2, 0) is 0 Å². The molecule has 2 amide bonds. The van der Waals surface area contributed by atoms with E-state index in [-0.39, 0.29) is 17.7 Å². The zero-order valence-electron chi connectivity index (χ0n) is 19.9. The molecular formula is C27H23FN4O4. The minimum absolute atomic E-state index is 0.201. The third-order valence-corrected chi connectivity index (χ3v) is 5.96. The van der Waals surface area contributed by atoms with Gasteiger partial charge in [0.2, 0.25) is 5.82 Å². The Labute approximate surface area is 207 Å². The number of methoxy groups -OCH3 is 2. The topological polar surface area (TPSA) is 89.7 Å². The van der Waals surface area contributed by atoms with Crippen LogP contribution in [0, 0.1) is 5.82 Å². The molecule has 0 spiro atoms. The van der Waals surface area contributed by atoms with Gasteiger partial charge in [0.05, 0.1) is 31.5 Å². The number of ether oxygens (including phenoxy) is 2. The van der Waals surface area contributed by atoms with Gasteiger partial charge in [0.15, 0.2) is 0 Å². The van der Waals surface area contributed by atoms with Crippen molar-refractivity contribution in [1.29, 1.82) is 0 Å². The van der Waals surface area contributed by atoms with Gasteiger partial charge in [-0.1, -0.05) is 35.5 Å². The molecule has 4 aromatic rings. The Bertz CT molecular complexity index is 1470. The lowest BCUT2D eigenvalue weighted by molar-refractivity contribution is 0.244. The molecule has 0 bridgehead atoms. The first-order valence-corrected chi connectivity index (χ1v) is 11.2. The first kappa shape index (κ1) is 23.1. The zero-order valence-corrected chi connectivity index (χ0v) is 19.9. The minimum Gasteiger partial charge on any atom is -0.497 e. The fourth-order valence-corrected chi connectivity index (χ4v) is 4.23. The van der Waals surface area contributed by atoms with Crippen molar-refractivity contribution >= 4 is 17.3 Å². The highest BCUT2D eigenvalue weighted by molar-refractivity contribution is 6.01. The SMILES string of the molecule is COc1cccc(C2NC(=O)N(c3cccc(OC)c3)C(C)=C2c2nc(-c3cccc(F)c3)no2)c1. The van der Waals surface area contributed by atoms with E-state index in [4.69, 9.17) is 14.0 Å². The highest BCUT2D eigenvalue weighted by atomic mass is 19.1. The second-order valence-corrected chi connectivity index (χ2v) is 8.13. The molecular weight excluding hydrogens is 463 g/mol. The summed E-state index contributed by atoms with van der Waals surface area (Å²) >= 11 is 0. The highest BCUT2D eigenvalue weighted by Gasteiger charge is 2.36. The number of carbonyl (C=O) groups is 1. The van der Waals surface area contributed by atoms with Crippen molar-refractivity contribution in [1.82, 2.24) is 15.5 Å². The highest BCUT2D eigenvalue weighted by Crippen LogP contribution is 2.40. The molecule has 182 valence electrons. The van der Waals surface area contributed by atoms with E-state index in [1.807, 2.05) is 31.2 Å². The molecule has 1 N–H and O–H groups in total. The maximum atomic E-state index is 13.8. The number of aromatic nitrogens is 2. The quantitative estimate of drug-likeness (QED) is 0.382. The Hall–Kier alpha value is -4.66. The summed E-state index contributed by atoms with van der Waals surface area (Å²) in [4.78, 5) is 19.5. The van der Waals surface area contributed by atoms with Crippen molar-refractivity contribution in [3.05, 3.63) is 95.8 Å². The predicted octanol–water partition coefficient (Wildman–Crippen LogP) is 5.60. The Balaban J connectivity index is 1.67. The van der Waals surface area contributed by atoms with Crippen LogP contribution in [0.1, 0.15) is 24.4 Å². The molecule has 1 aliphatic rings. The van der Waals surface area contributed by atoms with Crippen LogP contribution in [0.3, 0.4) is 0 Å². The summed E-state index contributed by atoms with van der Waals surface area (Å²) in [6.07, 6.45) is 0. The predicted molar refractivity (Wildman–Crippen MR) is 132 cm³/mol. The van der Waals surface area contributed by atoms with Crippen LogP contribution >= 0.6 is 0 Å². The van der Waals surface area contributed by atoms with Crippen molar-refractivity contribution < 1.29 is 23.2 Å². The molecule has 0 radical (unpaired) electrons. The number of hydrogen-bond donors (Lipinski definition) is 1. The average molecular weight is 487 g/mol. The van der Waals surface area contributed by atoms with E-state index in [9.17, 15) is 9.18 Å². The molecule has 0 saturated carbocycles. The van der Waals surface area contributed by atoms with Gasteiger partial charge in [-0.15, -0.1) is 0 Å². The first-order chi connectivity index (χ1) is 17.5. The summed E-state index contributed by atoms with van der Waals surface area (Å²) in [5, 5.41) is 7.13. The largest absolute Gasteiger partial charge is 0.497 e. The number of anilines is 1. The number of urea groups is 1. The van der Waals surface area contributed by atoms with Crippen LogP contribution in [0.5, 0.6) is 11.5 Å². The van der Waals surface area contributed by atoms with Gasteiger partial charge in [-0.3, -0.25) is 4.90 Å². The van der Waals surface area contributed by atoms with Crippen LogP contribution < -0.4 is 19.7 Å². The van der Waals surface area contributed by atoms with E-state index in [0.29, 0.717) is 34.0 Å². The van der Waals surface area contributed by atoms with E-state index < -0.39 is 11.9 Å². The number of nitrogens with zero attached hydrogens (tertiary/aromatic N) is 3. The fourth-order valence-electron chi connectivity index (χ4n) is 4.23. The summed E-state index contributed by atoms with van der Waals surface area (Å²) < 4.78 is 30.2. The molecule has 0 fully saturated rings. The number of hydrogen-bond acceptors (Lipinski definition) is 6. The molecule has 2 heterocycles. The van der Waals surface area contributed by atoms with Crippen LogP contribution in [0.2, 0.25) is 0 Å². The first-order valence-electron chi connectivity index (χ1n) is 11.2. The molecule has 9 heteroatoms. The van der Waals surface area contributed by atoms with Crippen molar-refractivity contribution in [3.8, 4) is 22.9 Å². The van der Waals surface area contributed by atoms with Gasteiger partial charge in [-0.2, -0.15) is 4.98 Å². The van der Waals surface area contributed by atoms with Gasteiger partial charge < -0.3 is 19.3 Å². The lowest BCUT2D eigenvalue weighted by Crippen LogP contribution is -2.46. The number of amides is 2. The van der Waals surface area contributed by atoms with E-state index in [0.717, 1.165) is 5.56 Å². The molecule has 1 aliphatic heterocycles. The summed E-state index contributed by atoms with van der Waals surface area (Å²) in [5.74, 6) is 1.28. The van der Waals surface area contributed by atoms with E-state index >= 15 is 0 Å². The molecule has 1 aromatic heterocycles. The van der Waals surface area contributed by atoms with Crippen LogP contribution in [0.15, 0.2) is 83.0 Å². The second kappa shape index (κ2) is 9.53. The normalized spacial score (nSPS) is 15.6. The lowest BCUT2D eigenvalue weighted by atomic mass is 9.94. The maximum Gasteiger partial charge on any atom is 0.327 e. The Morgan fingerprint density at radius 1 is 0.972 bits per heavy atom. The average Bonchev–Trinajstić information content (AvgIpc) is 3.38. The van der Waals surface area contributed by atoms with Gasteiger partial charge in [0.1, 0.15) is 17.3 Å². The molecule has 5 rings (SSSR count). The maximum absolute atomic E-state index is 13.8. The van der Waals surface area contributed by atoms with Gasteiger partial charge in [-0.05, 0) is 48.9 Å². The van der Waals surface area contributed by atoms with Gasteiger partial charge in [0, 0.05) is 17.3 Å². The molecule has 0 aliphatic carbocycles. The fraction of sp³-hybridized carbons (Fsp3) is 0.148. The van der Waals surface area contributed by atoms with Crippen molar-refractivity contribution in [2.24, 2.45) is 0 Å². The van der Waals surface area contributed by atoms with Crippen LogP contribution in [0.25, 0.3) is 17.0 Å². The van der Waals surface area contributed by atoms with Gasteiger partial charge in [0.25, 0.3) is 5.89 Å². The molecule has 8 nitrogen and oxygen atoms in total. The number of carbonyl (C=O) groups excluding carboxylic acids is 1. The number of benzene rings is 3. The third-order valence-electron chi connectivity index (χ3n) is 5.96. The van der Waals surface area contributed by atoms with Crippen LogP contribution in [-0.4, -0.2) is 30.4 Å². The Morgan fingerprint density at radius 3 is 2.44 bits per heavy atom. The van der Waals surface area contributed by atoms with E-state index in [1.54, 1.807) is 50.6 Å². The van der Waals surface area contributed by atoms with Crippen LogP contribution in [0.4, 0.5) is 14.9 Å². The molecule has 36 heavy (non-hydrogen) atoms. The number of allylic oxidation sites excluding steroid dienone is 1. The summed E-state index contributed by atoms with van der Waals surface area (Å²) in [7, 11) is 3.14. The summed E-state index contributed by atoms with van der Waals surface area (Å²) in [6.45, 7) is 1.81. The molecule has 3 aromatic carbocycles. The smallest absolute Gasteiger partial charge is 0.327 e. The number of rotatable bonds is 6. The van der Waals surface area contributed by atoms with Crippen molar-refractivity contribution in [2.75, 3.05) is 19.1 Å². The van der Waals surface area contributed by atoms with Gasteiger partial charge >= 0.3 is 6.03 Å². The second-order valence-electron chi connectivity index (χ2n) is 8.13. The lowest BCUT2D eigenvalue weighted by Gasteiger charge is -2.35. The van der Waals surface area contributed by atoms with Crippen molar-refractivity contribution in [2.45, 2.75) is 13.0 Å². The third kappa shape index (κ3) is 4.26. The van der Waals surface area contributed by atoms with E-state index in [2.05, 4.69) is 15.5 Å². The Morgan fingerprint density at radius 2 is 1.69 bits per heavy atom. The van der Waals surface area contributed by atoms with Crippen molar-refractivity contribution in [3.63, 3.8) is 0 Å². The molecule has 1 atom stereocenters. The molecule has 0 saturated heterocycles. The number of halogens is 1. The number of nitrogens with one attached hydrogen (secondary N) is 1. The van der Waals surface area contributed by atoms with Gasteiger partial charge in [-0.25, -0.2) is 9.18 Å². The summed E-state index contributed by atoms with van der Waals surface area (Å²) in [6, 6.07) is 19.6.